The van der Waals surface area contributed by atoms with Gasteiger partial charge in [0.25, 0.3) is 0 Å². The number of carbonyl (C=O) groups excluding carboxylic acids is 1. The van der Waals surface area contributed by atoms with Gasteiger partial charge >= 0.3 is 0 Å². The molecule has 0 aliphatic heterocycles. The van der Waals surface area contributed by atoms with Crippen LogP contribution in [0.2, 0.25) is 0 Å². The Kier molecular flexibility index (Phi) is 5.30. The van der Waals surface area contributed by atoms with Crippen LogP contribution in [-0.4, -0.2) is 12.5 Å². The molecular weight excluding hydrogens is 198 g/mol. The lowest BCUT2D eigenvalue weighted by Crippen LogP contribution is -2.24. The van der Waals surface area contributed by atoms with E-state index in [0.717, 1.165) is 25.7 Å². The minimum Gasteiger partial charge on any atom is -0.352 e. The minimum absolute atomic E-state index is 0.230. The number of allylic oxidation sites excluding steroid dienone is 3. The van der Waals surface area contributed by atoms with Crippen LogP contribution in [0.5, 0.6) is 0 Å². The lowest BCUT2D eigenvalue weighted by molar-refractivity contribution is -0.122. The van der Waals surface area contributed by atoms with E-state index in [1.807, 2.05) is 0 Å². The van der Waals surface area contributed by atoms with Gasteiger partial charge in [0.15, 0.2) is 0 Å². The first-order valence-electron chi connectivity index (χ1n) is 6.16. The quantitative estimate of drug-likeness (QED) is 0.686. The highest BCUT2D eigenvalue weighted by Gasteiger charge is 2.28. The Morgan fingerprint density at radius 3 is 2.50 bits per heavy atom. The van der Waals surface area contributed by atoms with Crippen molar-refractivity contribution in [2.24, 2.45) is 5.92 Å². The van der Waals surface area contributed by atoms with Crippen LogP contribution in [0.25, 0.3) is 0 Å². The molecule has 0 atom stereocenters. The van der Waals surface area contributed by atoms with Crippen LogP contribution in [0.4, 0.5) is 0 Å². The van der Waals surface area contributed by atoms with Gasteiger partial charge in [0.2, 0.25) is 5.91 Å². The summed E-state index contributed by atoms with van der Waals surface area (Å²) in [5, 5.41) is 2.94. The smallest absolute Gasteiger partial charge is 0.223 e. The van der Waals surface area contributed by atoms with Crippen molar-refractivity contribution in [1.82, 2.24) is 5.32 Å². The topological polar surface area (TPSA) is 29.1 Å². The lowest BCUT2D eigenvalue weighted by atomic mass is 10.1. The molecule has 0 aromatic heterocycles. The van der Waals surface area contributed by atoms with Gasteiger partial charge in [-0.05, 0) is 46.5 Å². The van der Waals surface area contributed by atoms with Gasteiger partial charge in [-0.1, -0.05) is 23.3 Å². The predicted molar refractivity (Wildman–Crippen MR) is 68.2 cm³/mol. The maximum absolute atomic E-state index is 11.3. The van der Waals surface area contributed by atoms with E-state index in [-0.39, 0.29) is 5.91 Å². The van der Waals surface area contributed by atoms with Crippen LogP contribution in [0, 0.1) is 5.92 Å². The predicted octanol–water partition coefficient (Wildman–Crippen LogP) is 3.21. The van der Waals surface area contributed by atoms with E-state index in [1.165, 1.54) is 11.1 Å². The summed E-state index contributed by atoms with van der Waals surface area (Å²) >= 11 is 0. The zero-order chi connectivity index (χ0) is 12.0. The molecule has 1 aliphatic rings. The molecule has 0 aromatic carbocycles. The van der Waals surface area contributed by atoms with Crippen molar-refractivity contribution in [2.45, 2.75) is 46.5 Å². The van der Waals surface area contributed by atoms with E-state index in [4.69, 9.17) is 0 Å². The summed E-state index contributed by atoms with van der Waals surface area (Å²) in [7, 11) is 0. The van der Waals surface area contributed by atoms with Gasteiger partial charge in [0.05, 0.1) is 0 Å². The second-order valence-electron chi connectivity index (χ2n) is 4.89. The highest BCUT2D eigenvalue weighted by molar-refractivity contribution is 5.80. The molecule has 0 bridgehead atoms. The molecule has 1 N–H and O–H groups in total. The second-order valence-corrected chi connectivity index (χ2v) is 4.89. The van der Waals surface area contributed by atoms with Crippen molar-refractivity contribution in [3.63, 3.8) is 0 Å². The molecule has 90 valence electrons. The average Bonchev–Trinajstić information content (AvgIpc) is 2.99. The minimum atomic E-state index is 0.230. The summed E-state index contributed by atoms with van der Waals surface area (Å²) in [5.41, 5.74) is 2.73. The van der Waals surface area contributed by atoms with Gasteiger partial charge in [0, 0.05) is 12.5 Å². The molecule has 0 spiro atoms. The van der Waals surface area contributed by atoms with Crippen LogP contribution >= 0.6 is 0 Å². The molecule has 1 aliphatic carbocycles. The SMILES string of the molecule is CC(C)=CCC/C(C)=C\CNC(=O)C1CC1. The highest BCUT2D eigenvalue weighted by atomic mass is 16.2. The Morgan fingerprint density at radius 2 is 1.94 bits per heavy atom. The van der Waals surface area contributed by atoms with Crippen molar-refractivity contribution < 1.29 is 4.79 Å². The summed E-state index contributed by atoms with van der Waals surface area (Å²) in [6, 6.07) is 0. The largest absolute Gasteiger partial charge is 0.352 e. The van der Waals surface area contributed by atoms with Crippen LogP contribution < -0.4 is 5.32 Å². The first-order valence-corrected chi connectivity index (χ1v) is 6.16. The Bertz CT molecular complexity index is 294. The normalized spacial score (nSPS) is 15.8. The third-order valence-electron chi connectivity index (χ3n) is 2.77. The zero-order valence-corrected chi connectivity index (χ0v) is 10.7. The fourth-order valence-corrected chi connectivity index (χ4v) is 1.51. The van der Waals surface area contributed by atoms with Crippen LogP contribution in [-0.2, 0) is 4.79 Å². The molecule has 1 amide bonds. The molecule has 0 aromatic rings. The maximum Gasteiger partial charge on any atom is 0.223 e. The molecule has 2 nitrogen and oxygen atoms in total. The van der Waals surface area contributed by atoms with Crippen LogP contribution in [0.1, 0.15) is 46.5 Å². The van der Waals surface area contributed by atoms with Gasteiger partial charge in [0.1, 0.15) is 0 Å². The number of rotatable bonds is 6. The molecular formula is C14H23NO. The monoisotopic (exact) mass is 221 g/mol. The molecule has 1 saturated carbocycles. The molecule has 2 heteroatoms. The van der Waals surface area contributed by atoms with Gasteiger partial charge in [-0.15, -0.1) is 0 Å². The Morgan fingerprint density at radius 1 is 1.25 bits per heavy atom. The number of hydrogen-bond donors (Lipinski definition) is 1. The van der Waals surface area contributed by atoms with Gasteiger partial charge < -0.3 is 5.32 Å². The fraction of sp³-hybridized carbons (Fsp3) is 0.643. The molecule has 0 heterocycles. The fourth-order valence-electron chi connectivity index (χ4n) is 1.51. The Hall–Kier alpha value is -1.05. The second kappa shape index (κ2) is 6.51. The van der Waals surface area contributed by atoms with Gasteiger partial charge in [-0.3, -0.25) is 4.79 Å². The Balaban J connectivity index is 2.12. The van der Waals surface area contributed by atoms with Crippen LogP contribution in [0.3, 0.4) is 0 Å². The summed E-state index contributed by atoms with van der Waals surface area (Å²) in [6.45, 7) is 7.06. The molecule has 0 saturated heterocycles. The molecule has 0 radical (unpaired) electrons. The molecule has 0 unspecified atom stereocenters. The first-order chi connectivity index (χ1) is 7.59. The van der Waals surface area contributed by atoms with Gasteiger partial charge in [-0.2, -0.15) is 0 Å². The first kappa shape index (κ1) is 13.0. The Labute approximate surface area is 98.8 Å². The zero-order valence-electron chi connectivity index (χ0n) is 10.7. The number of amides is 1. The highest BCUT2D eigenvalue weighted by Crippen LogP contribution is 2.28. The van der Waals surface area contributed by atoms with Crippen molar-refractivity contribution >= 4 is 5.91 Å². The van der Waals surface area contributed by atoms with Crippen LogP contribution in [0.15, 0.2) is 23.3 Å². The summed E-state index contributed by atoms with van der Waals surface area (Å²) < 4.78 is 0. The van der Waals surface area contributed by atoms with Crippen molar-refractivity contribution in [2.75, 3.05) is 6.54 Å². The van der Waals surface area contributed by atoms with E-state index >= 15 is 0 Å². The summed E-state index contributed by atoms with van der Waals surface area (Å²) in [4.78, 5) is 11.3. The van der Waals surface area contributed by atoms with E-state index in [9.17, 15) is 4.79 Å². The average molecular weight is 221 g/mol. The maximum atomic E-state index is 11.3. The van der Waals surface area contributed by atoms with E-state index in [2.05, 4.69) is 38.2 Å². The van der Waals surface area contributed by atoms with Gasteiger partial charge in [-0.25, -0.2) is 0 Å². The van der Waals surface area contributed by atoms with E-state index in [0.29, 0.717) is 12.5 Å². The number of carbonyl (C=O) groups is 1. The summed E-state index contributed by atoms with van der Waals surface area (Å²) in [5.74, 6) is 0.549. The third kappa shape index (κ3) is 5.74. The summed E-state index contributed by atoms with van der Waals surface area (Å²) in [6.07, 6.45) is 8.72. The molecule has 16 heavy (non-hydrogen) atoms. The lowest BCUT2D eigenvalue weighted by Gasteiger charge is -2.02. The van der Waals surface area contributed by atoms with E-state index < -0.39 is 0 Å². The van der Waals surface area contributed by atoms with Crippen molar-refractivity contribution in [3.8, 4) is 0 Å². The number of hydrogen-bond acceptors (Lipinski definition) is 1. The molecule has 1 rings (SSSR count). The van der Waals surface area contributed by atoms with Crippen molar-refractivity contribution in [3.05, 3.63) is 23.3 Å². The number of nitrogens with one attached hydrogen (secondary N) is 1. The molecule has 1 fully saturated rings. The van der Waals surface area contributed by atoms with Crippen molar-refractivity contribution in [1.29, 1.82) is 0 Å². The standard InChI is InChI=1S/C14H23NO/c1-11(2)5-4-6-12(3)9-10-15-14(16)13-7-8-13/h5,9,13H,4,6-8,10H2,1-3H3,(H,15,16)/b12-9-. The third-order valence-corrected chi connectivity index (χ3v) is 2.77. The van der Waals surface area contributed by atoms with E-state index in [1.54, 1.807) is 0 Å².